The van der Waals surface area contributed by atoms with E-state index in [1.807, 2.05) is 0 Å². The molecule has 2 unspecified atom stereocenters. The number of hydrogen-bond donors (Lipinski definition) is 2. The lowest BCUT2D eigenvalue weighted by atomic mass is 10.0. The molecule has 9 heteroatoms. The van der Waals surface area contributed by atoms with E-state index in [0.717, 1.165) is 51.4 Å². The van der Waals surface area contributed by atoms with E-state index in [9.17, 15) is 14.3 Å². The molecule has 0 saturated heterocycles. The summed E-state index contributed by atoms with van der Waals surface area (Å²) in [7, 11) is -4.28. The van der Waals surface area contributed by atoms with Crippen molar-refractivity contribution in [3.8, 4) is 0 Å². The van der Waals surface area contributed by atoms with Gasteiger partial charge in [0.05, 0.1) is 19.8 Å². The fourth-order valence-corrected chi connectivity index (χ4v) is 7.25. The summed E-state index contributed by atoms with van der Waals surface area (Å²) in [4.78, 5) is 22.5. The van der Waals surface area contributed by atoms with Crippen LogP contribution in [-0.4, -0.2) is 49.9 Å². The molecule has 0 aromatic rings. The van der Waals surface area contributed by atoms with Crippen LogP contribution in [0.3, 0.4) is 0 Å². The zero-order chi connectivity index (χ0) is 40.2. The Kier molecular flexibility index (Phi) is 42.8. The molecule has 0 aliphatic rings. The van der Waals surface area contributed by atoms with Gasteiger partial charge in [0.15, 0.2) is 0 Å². The highest BCUT2D eigenvalue weighted by Crippen LogP contribution is 2.43. The minimum Gasteiger partial charge on any atom is -0.457 e. The lowest BCUT2D eigenvalue weighted by Crippen LogP contribution is -2.28. The minimum atomic E-state index is -4.28. The van der Waals surface area contributed by atoms with Crippen molar-refractivity contribution in [3.63, 3.8) is 0 Å². The molecule has 0 heterocycles. The van der Waals surface area contributed by atoms with Crippen molar-refractivity contribution in [3.05, 3.63) is 36.5 Å². The maximum Gasteiger partial charge on any atom is 0.472 e. The van der Waals surface area contributed by atoms with Gasteiger partial charge >= 0.3 is 13.8 Å². The molecule has 8 nitrogen and oxygen atoms in total. The predicted molar refractivity (Wildman–Crippen MR) is 233 cm³/mol. The van der Waals surface area contributed by atoms with Crippen LogP contribution in [0.1, 0.15) is 213 Å². The van der Waals surface area contributed by atoms with Crippen molar-refractivity contribution in [2.24, 2.45) is 5.73 Å². The number of allylic oxidation sites excluding steroid dienone is 6. The molecule has 0 amide bonds. The minimum absolute atomic E-state index is 0.0960. The fraction of sp³-hybridized carbons (Fsp3) is 0.848. The Labute approximate surface area is 339 Å². The SMILES string of the molecule is CC/C=C\C/C=C\C/C=C\CCCCCCCCCCOCC(COP(=O)(O)OCCN)OC(=O)CCCCCCCCCCCCCCCCCCCC. The molecule has 0 rings (SSSR count). The number of phosphoric ester groups is 1. The van der Waals surface area contributed by atoms with Gasteiger partial charge in [-0.3, -0.25) is 13.8 Å². The van der Waals surface area contributed by atoms with Gasteiger partial charge in [-0.15, -0.1) is 0 Å². The molecule has 0 aromatic heterocycles. The standard InChI is InChI=1S/C46H88NO7P/c1-3-5-7-9-11-13-15-17-19-21-23-25-27-29-31-33-35-37-39-46(48)54-45(44-53-55(49,50)52-42-40-47)43-51-41-38-36-34-32-30-28-26-24-22-20-18-16-14-12-10-8-6-4-2/h6,8,12,14,18,20,45H,3-5,7,9-11,13,15-17,19,21-44,47H2,1-2H3,(H,49,50)/b8-6-,14-12-,20-18-. The first kappa shape index (κ1) is 53.7. The Morgan fingerprint density at radius 2 is 1.02 bits per heavy atom. The fourth-order valence-electron chi connectivity index (χ4n) is 6.48. The summed E-state index contributed by atoms with van der Waals surface area (Å²) in [5.41, 5.74) is 5.38. The highest BCUT2D eigenvalue weighted by Gasteiger charge is 2.25. The summed E-state index contributed by atoms with van der Waals surface area (Å²) in [5.74, 6) is -0.330. The quantitative estimate of drug-likeness (QED) is 0.0271. The van der Waals surface area contributed by atoms with E-state index in [1.165, 1.54) is 141 Å². The molecule has 0 aliphatic carbocycles. The molecule has 3 N–H and O–H groups in total. The van der Waals surface area contributed by atoms with Crippen molar-refractivity contribution in [2.45, 2.75) is 219 Å². The van der Waals surface area contributed by atoms with Crippen molar-refractivity contribution in [1.29, 1.82) is 0 Å². The highest BCUT2D eigenvalue weighted by atomic mass is 31.2. The van der Waals surface area contributed by atoms with Crippen LogP contribution in [0.15, 0.2) is 36.5 Å². The van der Waals surface area contributed by atoms with Crippen LogP contribution in [0.4, 0.5) is 0 Å². The zero-order valence-corrected chi connectivity index (χ0v) is 36.8. The molecule has 0 radical (unpaired) electrons. The van der Waals surface area contributed by atoms with E-state index in [2.05, 4.69) is 50.3 Å². The predicted octanol–water partition coefficient (Wildman–Crippen LogP) is 13.8. The van der Waals surface area contributed by atoms with E-state index in [4.69, 9.17) is 24.3 Å². The van der Waals surface area contributed by atoms with E-state index < -0.39 is 13.9 Å². The van der Waals surface area contributed by atoms with Gasteiger partial charge in [-0.25, -0.2) is 4.57 Å². The van der Waals surface area contributed by atoms with Gasteiger partial charge in [-0.2, -0.15) is 0 Å². The van der Waals surface area contributed by atoms with Crippen LogP contribution < -0.4 is 5.73 Å². The first-order chi connectivity index (χ1) is 26.9. The first-order valence-electron chi connectivity index (χ1n) is 23.0. The van der Waals surface area contributed by atoms with Gasteiger partial charge in [0, 0.05) is 19.6 Å². The second kappa shape index (κ2) is 43.8. The topological polar surface area (TPSA) is 117 Å². The van der Waals surface area contributed by atoms with E-state index >= 15 is 0 Å². The highest BCUT2D eigenvalue weighted by molar-refractivity contribution is 7.47. The Morgan fingerprint density at radius 1 is 0.564 bits per heavy atom. The van der Waals surface area contributed by atoms with Crippen LogP contribution in [0.5, 0.6) is 0 Å². The molecule has 324 valence electrons. The third kappa shape index (κ3) is 43.7. The van der Waals surface area contributed by atoms with Gasteiger partial charge in [0.2, 0.25) is 0 Å². The van der Waals surface area contributed by atoms with Crippen molar-refractivity contribution < 1.29 is 32.8 Å². The van der Waals surface area contributed by atoms with Gasteiger partial charge in [0.25, 0.3) is 0 Å². The van der Waals surface area contributed by atoms with Crippen LogP contribution in [0, 0.1) is 0 Å². The summed E-state index contributed by atoms with van der Waals surface area (Å²) < 4.78 is 33.5. The zero-order valence-electron chi connectivity index (χ0n) is 35.9. The van der Waals surface area contributed by atoms with E-state index in [0.29, 0.717) is 13.0 Å². The van der Waals surface area contributed by atoms with Crippen molar-refractivity contribution >= 4 is 13.8 Å². The number of phosphoric acid groups is 1. The molecular weight excluding hydrogens is 709 g/mol. The van der Waals surface area contributed by atoms with Gasteiger partial charge < -0.3 is 20.1 Å². The average Bonchev–Trinajstić information content (AvgIpc) is 3.17. The van der Waals surface area contributed by atoms with Crippen LogP contribution in [0.25, 0.3) is 0 Å². The third-order valence-corrected chi connectivity index (χ3v) is 10.8. The van der Waals surface area contributed by atoms with Crippen LogP contribution >= 0.6 is 7.82 Å². The molecule has 55 heavy (non-hydrogen) atoms. The average molecular weight is 798 g/mol. The Morgan fingerprint density at radius 3 is 1.53 bits per heavy atom. The molecule has 2 atom stereocenters. The molecule has 0 spiro atoms. The second-order valence-electron chi connectivity index (χ2n) is 15.2. The number of rotatable bonds is 44. The number of ether oxygens (including phenoxy) is 2. The number of unbranched alkanes of at least 4 members (excludes halogenated alkanes) is 25. The molecule has 0 bridgehead atoms. The lowest BCUT2D eigenvalue weighted by Gasteiger charge is -2.20. The van der Waals surface area contributed by atoms with Gasteiger partial charge in [0.1, 0.15) is 6.10 Å². The summed E-state index contributed by atoms with van der Waals surface area (Å²) in [6.45, 7) is 4.83. The smallest absolute Gasteiger partial charge is 0.457 e. The summed E-state index contributed by atoms with van der Waals surface area (Å²) in [6, 6.07) is 0. The number of carbonyl (C=O) groups is 1. The van der Waals surface area contributed by atoms with Crippen LogP contribution in [-0.2, 0) is 27.9 Å². The summed E-state index contributed by atoms with van der Waals surface area (Å²) in [5, 5.41) is 0. The molecular formula is C46H88NO7P. The Hall–Kier alpha value is -1.28. The van der Waals surface area contributed by atoms with Crippen LogP contribution in [0.2, 0.25) is 0 Å². The van der Waals surface area contributed by atoms with Crippen molar-refractivity contribution in [1.82, 2.24) is 0 Å². The molecule has 0 fully saturated rings. The monoisotopic (exact) mass is 798 g/mol. The van der Waals surface area contributed by atoms with Gasteiger partial charge in [-0.1, -0.05) is 198 Å². The van der Waals surface area contributed by atoms with Gasteiger partial charge in [-0.05, 0) is 44.9 Å². The second-order valence-corrected chi connectivity index (χ2v) is 16.7. The molecule has 0 aliphatic heterocycles. The maximum absolute atomic E-state index is 12.6. The van der Waals surface area contributed by atoms with Crippen molar-refractivity contribution in [2.75, 3.05) is 33.0 Å². The number of hydrogen-bond acceptors (Lipinski definition) is 7. The number of nitrogens with two attached hydrogens (primary N) is 1. The third-order valence-electron chi connectivity index (χ3n) is 9.82. The molecule has 0 saturated carbocycles. The van der Waals surface area contributed by atoms with E-state index in [-0.39, 0.29) is 32.3 Å². The van der Waals surface area contributed by atoms with E-state index in [1.54, 1.807) is 0 Å². The first-order valence-corrected chi connectivity index (χ1v) is 24.5. The maximum atomic E-state index is 12.6. The largest absolute Gasteiger partial charge is 0.472 e. The lowest BCUT2D eigenvalue weighted by molar-refractivity contribution is -0.154. The number of carbonyl (C=O) groups excluding carboxylic acids is 1. The Balaban J connectivity index is 3.98. The molecule has 0 aromatic carbocycles. The Bertz CT molecular complexity index is 941. The number of esters is 1. The summed E-state index contributed by atoms with van der Waals surface area (Å²) in [6.07, 6.45) is 50.2. The normalized spacial score (nSPS) is 13.7. The summed E-state index contributed by atoms with van der Waals surface area (Å²) >= 11 is 0.